The first-order valence-corrected chi connectivity index (χ1v) is 25.2. The summed E-state index contributed by atoms with van der Waals surface area (Å²) >= 11 is 0. The molecule has 14 aromatic rings. The Bertz CT molecular complexity index is 4460. The van der Waals surface area contributed by atoms with Gasteiger partial charge in [0.05, 0.1) is 27.8 Å². The van der Waals surface area contributed by atoms with Crippen LogP contribution in [0.2, 0.25) is 0 Å². The minimum atomic E-state index is -0.269. The second-order valence-electron chi connectivity index (χ2n) is 20.1. The van der Waals surface area contributed by atoms with Crippen molar-refractivity contribution in [3.8, 4) is 44.8 Å². The normalized spacial score (nSPS) is 12.9. The minimum absolute atomic E-state index is 0.269. The van der Waals surface area contributed by atoms with Gasteiger partial charge in [0, 0.05) is 60.5 Å². The summed E-state index contributed by atoms with van der Waals surface area (Å²) in [5, 5.41) is 7.26. The minimum Gasteiger partial charge on any atom is -0.454 e. The van der Waals surface area contributed by atoms with Crippen LogP contribution >= 0.6 is 0 Å². The third-order valence-electron chi connectivity index (χ3n) is 15.7. The van der Waals surface area contributed by atoms with Crippen molar-refractivity contribution in [3.63, 3.8) is 0 Å². The number of aromatic nitrogens is 2. The van der Waals surface area contributed by atoms with Crippen molar-refractivity contribution < 1.29 is 4.42 Å². The lowest BCUT2D eigenvalue weighted by Crippen LogP contribution is -2.17. The Morgan fingerprint density at radius 1 is 0.342 bits per heavy atom. The van der Waals surface area contributed by atoms with E-state index in [0.29, 0.717) is 0 Å². The molecule has 4 heteroatoms. The van der Waals surface area contributed by atoms with Gasteiger partial charge in [-0.25, -0.2) is 0 Å². The molecule has 0 amide bonds. The van der Waals surface area contributed by atoms with Gasteiger partial charge in [-0.15, -0.1) is 0 Å². The van der Waals surface area contributed by atoms with Crippen LogP contribution in [0.25, 0.3) is 110 Å². The molecule has 1 aliphatic rings. The maximum absolute atomic E-state index is 6.76. The first-order chi connectivity index (χ1) is 36.0. The number of rotatable bonds is 7. The van der Waals surface area contributed by atoms with Crippen LogP contribution in [0.5, 0.6) is 0 Å². The van der Waals surface area contributed by atoms with Crippen molar-refractivity contribution in [1.82, 2.24) is 9.13 Å². The number of nitrogens with zero attached hydrogens (tertiary/aromatic N) is 3. The highest BCUT2D eigenvalue weighted by molar-refractivity contribution is 6.12. The summed E-state index contributed by atoms with van der Waals surface area (Å²) in [6.45, 7) is 4.76. The SMILES string of the molecule is CC1(C)c2cc(N(c3ccc(-c4ccc(-c5ccc6c7ccccc7n(-c7ccccc7)c6c5)cc4)cc3)c3cccc4c3oc3ccccc34)ccc2-c2ccc(-n3c4ccccc4c4ccccc43)cc21. The van der Waals surface area contributed by atoms with E-state index in [9.17, 15) is 0 Å². The zero-order valence-electron chi connectivity index (χ0n) is 40.4. The van der Waals surface area contributed by atoms with Crippen LogP contribution in [0, 0.1) is 0 Å². The number of para-hydroxylation sites is 6. The van der Waals surface area contributed by atoms with Crippen LogP contribution < -0.4 is 4.90 Å². The molecule has 0 saturated heterocycles. The predicted octanol–water partition coefficient (Wildman–Crippen LogP) is 18.9. The summed E-state index contributed by atoms with van der Waals surface area (Å²) in [6.07, 6.45) is 0. The molecule has 4 nitrogen and oxygen atoms in total. The van der Waals surface area contributed by atoms with Gasteiger partial charge in [-0.1, -0.05) is 178 Å². The molecular weight excluding hydrogens is 887 g/mol. The molecular formula is C69H47N3O. The number of fused-ring (bicyclic) bond motifs is 12. The van der Waals surface area contributed by atoms with Crippen LogP contribution in [0.3, 0.4) is 0 Å². The van der Waals surface area contributed by atoms with Gasteiger partial charge in [0.2, 0.25) is 0 Å². The maximum atomic E-state index is 6.76. The fraction of sp³-hybridized carbons (Fsp3) is 0.0435. The van der Waals surface area contributed by atoms with Gasteiger partial charge in [-0.05, 0) is 129 Å². The van der Waals surface area contributed by atoms with E-state index < -0.39 is 0 Å². The quantitative estimate of drug-likeness (QED) is 0.159. The Labute approximate surface area is 422 Å². The summed E-state index contributed by atoms with van der Waals surface area (Å²) in [5.74, 6) is 0. The van der Waals surface area contributed by atoms with E-state index in [4.69, 9.17) is 4.42 Å². The molecule has 0 atom stereocenters. The number of benzene rings is 11. The van der Waals surface area contributed by atoms with E-state index in [-0.39, 0.29) is 5.41 Å². The molecule has 11 aromatic carbocycles. The van der Waals surface area contributed by atoms with Crippen LogP contribution in [-0.4, -0.2) is 9.13 Å². The van der Waals surface area contributed by atoms with Crippen LogP contribution in [0.1, 0.15) is 25.0 Å². The zero-order chi connectivity index (χ0) is 48.4. The van der Waals surface area contributed by atoms with Crippen molar-refractivity contribution in [2.24, 2.45) is 0 Å². The summed E-state index contributed by atoms with van der Waals surface area (Å²) in [6, 6.07) is 90.8. The fourth-order valence-electron chi connectivity index (χ4n) is 12.2. The van der Waals surface area contributed by atoms with Gasteiger partial charge in [0.1, 0.15) is 5.58 Å². The molecule has 1 aliphatic carbocycles. The highest BCUT2D eigenvalue weighted by Gasteiger charge is 2.37. The molecule has 0 fully saturated rings. The third-order valence-corrected chi connectivity index (χ3v) is 15.7. The lowest BCUT2D eigenvalue weighted by Gasteiger charge is -2.28. The first-order valence-electron chi connectivity index (χ1n) is 25.2. The van der Waals surface area contributed by atoms with Crippen molar-refractivity contribution in [2.45, 2.75) is 19.3 Å². The Kier molecular flexibility index (Phi) is 8.97. The Morgan fingerprint density at radius 3 is 1.51 bits per heavy atom. The third kappa shape index (κ3) is 6.27. The smallest absolute Gasteiger partial charge is 0.159 e. The van der Waals surface area contributed by atoms with E-state index in [2.05, 4.69) is 271 Å². The fourth-order valence-corrected chi connectivity index (χ4v) is 12.2. The number of hydrogen-bond acceptors (Lipinski definition) is 2. The summed E-state index contributed by atoms with van der Waals surface area (Å²) in [7, 11) is 0. The van der Waals surface area contributed by atoms with E-state index in [0.717, 1.165) is 55.8 Å². The lowest BCUT2D eigenvalue weighted by atomic mass is 9.82. The zero-order valence-corrected chi connectivity index (χ0v) is 40.4. The van der Waals surface area contributed by atoms with E-state index >= 15 is 0 Å². The van der Waals surface area contributed by atoms with Crippen molar-refractivity contribution in [3.05, 3.63) is 260 Å². The largest absolute Gasteiger partial charge is 0.454 e. The molecule has 0 unspecified atom stereocenters. The summed E-state index contributed by atoms with van der Waals surface area (Å²) in [4.78, 5) is 2.38. The average Bonchev–Trinajstić information content (AvgIpc) is 4.16. The van der Waals surface area contributed by atoms with Crippen LogP contribution in [0.15, 0.2) is 253 Å². The molecule has 0 N–H and O–H groups in total. The number of furan rings is 1. The Morgan fingerprint density at radius 2 is 0.836 bits per heavy atom. The molecule has 0 bridgehead atoms. The number of anilines is 3. The second-order valence-corrected chi connectivity index (χ2v) is 20.1. The molecule has 0 radical (unpaired) electrons. The van der Waals surface area contributed by atoms with Gasteiger partial charge in [-0.2, -0.15) is 0 Å². The van der Waals surface area contributed by atoms with Crippen LogP contribution in [0.4, 0.5) is 17.1 Å². The second kappa shape index (κ2) is 15.8. The monoisotopic (exact) mass is 933 g/mol. The van der Waals surface area contributed by atoms with Gasteiger partial charge in [0.15, 0.2) is 5.58 Å². The van der Waals surface area contributed by atoms with Gasteiger partial charge in [0.25, 0.3) is 0 Å². The average molecular weight is 934 g/mol. The van der Waals surface area contributed by atoms with Gasteiger partial charge < -0.3 is 18.5 Å². The maximum Gasteiger partial charge on any atom is 0.159 e. The lowest BCUT2D eigenvalue weighted by molar-refractivity contribution is 0.660. The molecule has 3 heterocycles. The van der Waals surface area contributed by atoms with Crippen LogP contribution in [-0.2, 0) is 5.41 Å². The molecule has 3 aromatic heterocycles. The summed E-state index contributed by atoms with van der Waals surface area (Å²) < 4.78 is 11.6. The first kappa shape index (κ1) is 41.4. The van der Waals surface area contributed by atoms with Gasteiger partial charge >= 0.3 is 0 Å². The number of hydrogen-bond donors (Lipinski definition) is 0. The van der Waals surface area contributed by atoms with Gasteiger partial charge in [-0.3, -0.25) is 0 Å². The standard InChI is InChI=1S/C69H47N3O/c1-69(2)60-42-50(36-39-52(60)53-40-37-51(43-61(53)69)72-63-23-11-6-17-54(63)55-18-7-12-24-64(55)72)70(65-25-14-21-59-58-20-9-13-26-67(58)73-68(59)65)49-34-31-45(32-35-49)44-27-29-46(30-28-44)47-33-38-57-56-19-8-10-22-62(56)71(66(57)41-47)48-15-4-3-5-16-48/h3-43H,1-2H3. The molecule has 0 spiro atoms. The van der Waals surface area contributed by atoms with E-state index in [1.54, 1.807) is 0 Å². The highest BCUT2D eigenvalue weighted by Crippen LogP contribution is 2.52. The summed E-state index contributed by atoms with van der Waals surface area (Å²) in [5.41, 5.74) is 21.7. The molecule has 0 saturated carbocycles. The highest BCUT2D eigenvalue weighted by atomic mass is 16.3. The molecule has 15 rings (SSSR count). The Hall–Kier alpha value is -9.38. The molecule has 0 aliphatic heterocycles. The predicted molar refractivity (Wildman–Crippen MR) is 306 cm³/mol. The topological polar surface area (TPSA) is 26.2 Å². The van der Waals surface area contributed by atoms with E-state index in [1.807, 2.05) is 6.07 Å². The van der Waals surface area contributed by atoms with E-state index in [1.165, 1.54) is 82.7 Å². The molecule has 344 valence electrons. The van der Waals surface area contributed by atoms with Crippen molar-refractivity contribution in [1.29, 1.82) is 0 Å². The Balaban J connectivity index is 0.807. The van der Waals surface area contributed by atoms with Crippen molar-refractivity contribution >= 4 is 82.6 Å². The molecule has 73 heavy (non-hydrogen) atoms. The van der Waals surface area contributed by atoms with Crippen molar-refractivity contribution in [2.75, 3.05) is 4.90 Å².